The topological polar surface area (TPSA) is 34.9 Å². The number of rotatable bonds is 2. The molecule has 0 spiro atoms. The van der Waals surface area contributed by atoms with Gasteiger partial charge < -0.3 is 4.57 Å². The Morgan fingerprint density at radius 2 is 2.20 bits per heavy atom. The monoisotopic (exact) mass is 202 g/mol. The molecule has 1 aromatic carbocycles. The molecule has 0 aliphatic heterocycles. The van der Waals surface area contributed by atoms with Crippen LogP contribution in [0.2, 0.25) is 0 Å². The number of nitrogens with zero attached hydrogens (tertiary/aromatic N) is 2. The molecule has 2 aromatic rings. The van der Waals surface area contributed by atoms with E-state index in [1.54, 1.807) is 6.92 Å². The van der Waals surface area contributed by atoms with Gasteiger partial charge in [0.2, 0.25) is 0 Å². The van der Waals surface area contributed by atoms with Crippen LogP contribution >= 0.6 is 0 Å². The Kier molecular flexibility index (Phi) is 2.31. The summed E-state index contributed by atoms with van der Waals surface area (Å²) in [5.41, 5.74) is 2.71. The number of hydrogen-bond acceptors (Lipinski definition) is 2. The van der Waals surface area contributed by atoms with Gasteiger partial charge in [-0.1, -0.05) is 6.92 Å². The summed E-state index contributed by atoms with van der Waals surface area (Å²) >= 11 is 0. The second-order valence-corrected chi connectivity index (χ2v) is 3.70. The van der Waals surface area contributed by atoms with Gasteiger partial charge in [-0.2, -0.15) is 0 Å². The number of carbonyl (C=O) groups is 1. The molecule has 2 rings (SSSR count). The first-order chi connectivity index (χ1) is 7.13. The van der Waals surface area contributed by atoms with Crippen molar-refractivity contribution in [1.82, 2.24) is 9.55 Å². The van der Waals surface area contributed by atoms with Gasteiger partial charge in [-0.05, 0) is 25.1 Å². The van der Waals surface area contributed by atoms with Gasteiger partial charge >= 0.3 is 0 Å². The second kappa shape index (κ2) is 3.50. The maximum atomic E-state index is 11.2. The van der Waals surface area contributed by atoms with Gasteiger partial charge in [0.25, 0.3) is 0 Å². The fourth-order valence-corrected chi connectivity index (χ4v) is 1.78. The van der Waals surface area contributed by atoms with Crippen molar-refractivity contribution < 1.29 is 4.79 Å². The van der Waals surface area contributed by atoms with E-state index in [9.17, 15) is 4.79 Å². The average molecular weight is 202 g/mol. The Labute approximate surface area is 88.7 Å². The number of Topliss-reactive ketones (excluding diaryl/α,β-unsaturated/α-hetero) is 1. The lowest BCUT2D eigenvalue weighted by molar-refractivity contribution is 0.101. The molecule has 15 heavy (non-hydrogen) atoms. The van der Waals surface area contributed by atoms with Crippen LogP contribution in [0.5, 0.6) is 0 Å². The molecule has 0 saturated heterocycles. The van der Waals surface area contributed by atoms with Crippen molar-refractivity contribution in [1.29, 1.82) is 0 Å². The van der Waals surface area contributed by atoms with E-state index in [0.717, 1.165) is 28.8 Å². The quantitative estimate of drug-likeness (QED) is 0.700. The number of hydrogen-bond donors (Lipinski definition) is 0. The van der Waals surface area contributed by atoms with E-state index in [2.05, 4.69) is 16.5 Å². The van der Waals surface area contributed by atoms with Crippen LogP contribution in [-0.4, -0.2) is 15.3 Å². The maximum absolute atomic E-state index is 11.2. The van der Waals surface area contributed by atoms with Crippen LogP contribution < -0.4 is 0 Å². The number of ketones is 1. The van der Waals surface area contributed by atoms with Crippen LogP contribution in [-0.2, 0) is 13.5 Å². The molecule has 0 bridgehead atoms. The molecule has 0 radical (unpaired) electrons. The predicted molar refractivity (Wildman–Crippen MR) is 60.1 cm³/mol. The minimum atomic E-state index is 0.0839. The molecular formula is C12H14N2O. The molecule has 0 amide bonds. The maximum Gasteiger partial charge on any atom is 0.159 e. The van der Waals surface area contributed by atoms with E-state index >= 15 is 0 Å². The first-order valence-electron chi connectivity index (χ1n) is 5.09. The summed E-state index contributed by atoms with van der Waals surface area (Å²) in [5.74, 6) is 1.13. The Balaban J connectivity index is 2.68. The number of fused-ring (bicyclic) bond motifs is 1. The minimum Gasteiger partial charge on any atom is -0.331 e. The summed E-state index contributed by atoms with van der Waals surface area (Å²) in [7, 11) is 2.00. The molecule has 1 aromatic heterocycles. The standard InChI is InChI=1S/C12H14N2O/c1-4-12-13-10-7-9(8(2)15)5-6-11(10)14(12)3/h5-7H,4H2,1-3H3. The lowest BCUT2D eigenvalue weighted by Gasteiger charge is -1.98. The third-order valence-corrected chi connectivity index (χ3v) is 2.70. The van der Waals surface area contributed by atoms with Crippen molar-refractivity contribution in [3.8, 4) is 0 Å². The molecule has 0 saturated carbocycles. The molecular weight excluding hydrogens is 188 g/mol. The largest absolute Gasteiger partial charge is 0.331 e. The van der Waals surface area contributed by atoms with Crippen molar-refractivity contribution in [3.05, 3.63) is 29.6 Å². The van der Waals surface area contributed by atoms with Crippen molar-refractivity contribution in [2.75, 3.05) is 0 Å². The van der Waals surface area contributed by atoms with Crippen LogP contribution in [0.25, 0.3) is 11.0 Å². The molecule has 78 valence electrons. The van der Waals surface area contributed by atoms with Gasteiger partial charge in [0, 0.05) is 19.0 Å². The number of benzene rings is 1. The molecule has 0 N–H and O–H groups in total. The number of carbonyl (C=O) groups excluding carboxylic acids is 1. The Morgan fingerprint density at radius 1 is 1.47 bits per heavy atom. The summed E-state index contributed by atoms with van der Waals surface area (Å²) in [6, 6.07) is 5.67. The zero-order chi connectivity index (χ0) is 11.0. The van der Waals surface area contributed by atoms with Crippen LogP contribution in [0, 0.1) is 0 Å². The van der Waals surface area contributed by atoms with Crippen LogP contribution in [0.1, 0.15) is 30.0 Å². The zero-order valence-electron chi connectivity index (χ0n) is 9.24. The first-order valence-corrected chi connectivity index (χ1v) is 5.09. The highest BCUT2D eigenvalue weighted by molar-refractivity contribution is 5.97. The molecule has 0 atom stereocenters. The van der Waals surface area contributed by atoms with Crippen molar-refractivity contribution in [2.45, 2.75) is 20.3 Å². The van der Waals surface area contributed by atoms with Crippen LogP contribution in [0.15, 0.2) is 18.2 Å². The first kappa shape index (κ1) is 9.90. The van der Waals surface area contributed by atoms with E-state index < -0.39 is 0 Å². The number of aryl methyl sites for hydroxylation is 2. The van der Waals surface area contributed by atoms with Crippen molar-refractivity contribution in [2.24, 2.45) is 7.05 Å². The summed E-state index contributed by atoms with van der Waals surface area (Å²) < 4.78 is 2.07. The van der Waals surface area contributed by atoms with E-state index in [-0.39, 0.29) is 5.78 Å². The number of imidazole rings is 1. The highest BCUT2D eigenvalue weighted by Gasteiger charge is 2.07. The van der Waals surface area contributed by atoms with Gasteiger partial charge in [-0.3, -0.25) is 4.79 Å². The highest BCUT2D eigenvalue weighted by atomic mass is 16.1. The molecule has 0 unspecified atom stereocenters. The Bertz CT molecular complexity index is 526. The van der Waals surface area contributed by atoms with Crippen LogP contribution in [0.4, 0.5) is 0 Å². The zero-order valence-corrected chi connectivity index (χ0v) is 9.24. The Hall–Kier alpha value is -1.64. The molecule has 3 nitrogen and oxygen atoms in total. The van der Waals surface area contributed by atoms with Crippen LogP contribution in [0.3, 0.4) is 0 Å². The van der Waals surface area contributed by atoms with Gasteiger partial charge in [0.1, 0.15) is 5.82 Å². The van der Waals surface area contributed by atoms with E-state index in [1.165, 1.54) is 0 Å². The second-order valence-electron chi connectivity index (χ2n) is 3.70. The van der Waals surface area contributed by atoms with Gasteiger partial charge in [-0.15, -0.1) is 0 Å². The molecule has 0 aliphatic carbocycles. The summed E-state index contributed by atoms with van der Waals surface area (Å²) in [6.45, 7) is 3.65. The van der Waals surface area contributed by atoms with E-state index in [0.29, 0.717) is 0 Å². The van der Waals surface area contributed by atoms with Crippen molar-refractivity contribution >= 4 is 16.8 Å². The summed E-state index contributed by atoms with van der Waals surface area (Å²) in [6.07, 6.45) is 0.903. The molecule has 0 aliphatic rings. The van der Waals surface area contributed by atoms with E-state index in [4.69, 9.17) is 0 Å². The lowest BCUT2D eigenvalue weighted by Crippen LogP contribution is -1.95. The van der Waals surface area contributed by atoms with E-state index in [1.807, 2.05) is 25.2 Å². The smallest absolute Gasteiger partial charge is 0.159 e. The van der Waals surface area contributed by atoms with Gasteiger partial charge in [0.05, 0.1) is 11.0 Å². The van der Waals surface area contributed by atoms with Crippen molar-refractivity contribution in [3.63, 3.8) is 0 Å². The minimum absolute atomic E-state index is 0.0839. The molecule has 3 heteroatoms. The normalized spacial score (nSPS) is 10.9. The lowest BCUT2D eigenvalue weighted by atomic mass is 10.1. The third kappa shape index (κ3) is 1.54. The number of aromatic nitrogens is 2. The fraction of sp³-hybridized carbons (Fsp3) is 0.333. The summed E-state index contributed by atoms with van der Waals surface area (Å²) in [5, 5.41) is 0. The fourth-order valence-electron chi connectivity index (χ4n) is 1.78. The summed E-state index contributed by atoms with van der Waals surface area (Å²) in [4.78, 5) is 15.7. The predicted octanol–water partition coefficient (Wildman–Crippen LogP) is 2.34. The van der Waals surface area contributed by atoms with Gasteiger partial charge in [-0.25, -0.2) is 4.98 Å². The average Bonchev–Trinajstić information content (AvgIpc) is 2.55. The third-order valence-electron chi connectivity index (χ3n) is 2.70. The molecule has 0 fully saturated rings. The molecule has 1 heterocycles. The highest BCUT2D eigenvalue weighted by Crippen LogP contribution is 2.17. The SMILES string of the molecule is CCc1nc2cc(C(C)=O)ccc2n1C. The van der Waals surface area contributed by atoms with Gasteiger partial charge in [0.15, 0.2) is 5.78 Å². The Morgan fingerprint density at radius 3 is 2.80 bits per heavy atom.